The van der Waals surface area contributed by atoms with Crippen molar-refractivity contribution < 1.29 is 14.6 Å². The molecule has 0 spiro atoms. The summed E-state index contributed by atoms with van der Waals surface area (Å²) in [6.07, 6.45) is 4.32. The minimum atomic E-state index is -0.766. The van der Waals surface area contributed by atoms with Crippen molar-refractivity contribution in [1.29, 1.82) is 0 Å². The first-order valence-corrected chi connectivity index (χ1v) is 5.99. The summed E-state index contributed by atoms with van der Waals surface area (Å²) in [5.41, 5.74) is 0.330. The number of rotatable bonds is 5. The minimum Gasteiger partial charge on any atom is -0.481 e. The Morgan fingerprint density at radius 1 is 1.72 bits per heavy atom. The second kappa shape index (κ2) is 5.07. The van der Waals surface area contributed by atoms with Gasteiger partial charge >= 0.3 is 5.97 Å². The van der Waals surface area contributed by atoms with Gasteiger partial charge in [0.1, 0.15) is 5.41 Å². The molecule has 1 aromatic heterocycles. The molecule has 1 atom stereocenters. The first kappa shape index (κ1) is 13.0. The summed E-state index contributed by atoms with van der Waals surface area (Å²) in [7, 11) is 3.79. The van der Waals surface area contributed by atoms with Crippen molar-refractivity contribution in [2.45, 2.75) is 13.0 Å². The zero-order chi connectivity index (χ0) is 13.2. The monoisotopic (exact) mass is 253 g/mol. The molecule has 0 aromatic carbocycles. The van der Waals surface area contributed by atoms with E-state index >= 15 is 0 Å². The maximum atomic E-state index is 11.4. The number of hydrogen-bond acceptors (Lipinski definition) is 4. The summed E-state index contributed by atoms with van der Waals surface area (Å²) in [5.74, 6) is -0.766. The summed E-state index contributed by atoms with van der Waals surface area (Å²) in [4.78, 5) is 13.4. The highest BCUT2D eigenvalue weighted by molar-refractivity contribution is 5.75. The van der Waals surface area contributed by atoms with Crippen molar-refractivity contribution >= 4 is 5.97 Å². The summed E-state index contributed by atoms with van der Waals surface area (Å²) < 4.78 is 7.00. The average Bonchev–Trinajstić information content (AvgIpc) is 2.89. The molecule has 6 heteroatoms. The predicted molar refractivity (Wildman–Crippen MR) is 65.0 cm³/mol. The van der Waals surface area contributed by atoms with Crippen LogP contribution < -0.4 is 0 Å². The van der Waals surface area contributed by atoms with E-state index in [9.17, 15) is 9.90 Å². The van der Waals surface area contributed by atoms with Crippen LogP contribution in [0.1, 0.15) is 12.0 Å². The Bertz CT molecular complexity index is 424. The van der Waals surface area contributed by atoms with Gasteiger partial charge in [0.2, 0.25) is 0 Å². The highest BCUT2D eigenvalue weighted by Gasteiger charge is 2.43. The quantitative estimate of drug-likeness (QED) is 0.819. The van der Waals surface area contributed by atoms with Gasteiger partial charge in [-0.25, -0.2) is 0 Å². The standard InChI is InChI=1S/C12H19N3O3/c1-14(6-10-5-13-15(2)7-10)8-12(11(16)17)3-4-18-9-12/h5,7H,3-4,6,8-9H2,1-2H3,(H,16,17). The van der Waals surface area contributed by atoms with Crippen molar-refractivity contribution in [2.24, 2.45) is 12.5 Å². The molecule has 1 aromatic rings. The smallest absolute Gasteiger partial charge is 0.313 e. The summed E-state index contributed by atoms with van der Waals surface area (Å²) in [5, 5.41) is 13.5. The molecule has 1 unspecified atom stereocenters. The van der Waals surface area contributed by atoms with Gasteiger partial charge in [0, 0.05) is 38.5 Å². The SMILES string of the molecule is CN(Cc1cnn(C)c1)CC1(C(=O)O)CCOC1. The highest BCUT2D eigenvalue weighted by Crippen LogP contribution is 2.30. The second-order valence-corrected chi connectivity index (χ2v) is 5.08. The van der Waals surface area contributed by atoms with Crippen molar-refractivity contribution in [3.05, 3.63) is 18.0 Å². The van der Waals surface area contributed by atoms with Gasteiger partial charge in [-0.3, -0.25) is 9.48 Å². The van der Waals surface area contributed by atoms with Crippen LogP contribution in [0.4, 0.5) is 0 Å². The molecule has 0 bridgehead atoms. The fraction of sp³-hybridized carbons (Fsp3) is 0.667. The molecule has 18 heavy (non-hydrogen) atoms. The van der Waals surface area contributed by atoms with Gasteiger partial charge in [-0.1, -0.05) is 0 Å². The lowest BCUT2D eigenvalue weighted by Gasteiger charge is -2.28. The molecule has 2 heterocycles. The highest BCUT2D eigenvalue weighted by atomic mass is 16.5. The van der Waals surface area contributed by atoms with E-state index < -0.39 is 11.4 Å². The zero-order valence-electron chi connectivity index (χ0n) is 10.8. The van der Waals surface area contributed by atoms with E-state index in [-0.39, 0.29) is 0 Å². The molecular weight excluding hydrogens is 234 g/mol. The van der Waals surface area contributed by atoms with E-state index in [2.05, 4.69) is 5.10 Å². The molecule has 1 fully saturated rings. The van der Waals surface area contributed by atoms with Crippen molar-refractivity contribution in [1.82, 2.24) is 14.7 Å². The van der Waals surface area contributed by atoms with Gasteiger partial charge in [0.25, 0.3) is 0 Å². The van der Waals surface area contributed by atoms with Gasteiger partial charge in [-0.2, -0.15) is 5.10 Å². The Balaban J connectivity index is 1.97. The van der Waals surface area contributed by atoms with Crippen molar-refractivity contribution in [3.63, 3.8) is 0 Å². The molecule has 1 saturated heterocycles. The maximum absolute atomic E-state index is 11.4. The van der Waals surface area contributed by atoms with Crippen LogP contribution >= 0.6 is 0 Å². The van der Waals surface area contributed by atoms with E-state index in [0.29, 0.717) is 32.7 Å². The molecule has 1 aliphatic rings. The van der Waals surface area contributed by atoms with Crippen LogP contribution in [0.25, 0.3) is 0 Å². The molecule has 0 radical (unpaired) electrons. The first-order chi connectivity index (χ1) is 8.52. The van der Waals surface area contributed by atoms with Gasteiger partial charge in [-0.05, 0) is 13.5 Å². The number of hydrogen-bond donors (Lipinski definition) is 1. The van der Waals surface area contributed by atoms with E-state index in [0.717, 1.165) is 5.56 Å². The number of aromatic nitrogens is 2. The Kier molecular flexibility index (Phi) is 3.68. The zero-order valence-corrected chi connectivity index (χ0v) is 10.8. The average molecular weight is 253 g/mol. The van der Waals surface area contributed by atoms with Gasteiger partial charge in [0.05, 0.1) is 12.8 Å². The van der Waals surface area contributed by atoms with E-state index in [1.165, 1.54) is 0 Å². The van der Waals surface area contributed by atoms with Crippen molar-refractivity contribution in [2.75, 3.05) is 26.8 Å². The van der Waals surface area contributed by atoms with Crippen LogP contribution in [-0.2, 0) is 23.1 Å². The molecule has 1 aliphatic heterocycles. The Labute approximate surface area is 106 Å². The Morgan fingerprint density at radius 3 is 3.00 bits per heavy atom. The Morgan fingerprint density at radius 2 is 2.50 bits per heavy atom. The fourth-order valence-electron chi connectivity index (χ4n) is 2.41. The molecule has 2 rings (SSSR count). The normalized spacial score (nSPS) is 23.7. The fourth-order valence-corrected chi connectivity index (χ4v) is 2.41. The number of carboxylic acid groups (broad SMARTS) is 1. The van der Waals surface area contributed by atoms with Crippen LogP contribution in [0.15, 0.2) is 12.4 Å². The van der Waals surface area contributed by atoms with Gasteiger partial charge in [-0.15, -0.1) is 0 Å². The topological polar surface area (TPSA) is 67.6 Å². The second-order valence-electron chi connectivity index (χ2n) is 5.08. The number of aliphatic carboxylic acids is 1. The third kappa shape index (κ3) is 2.70. The summed E-state index contributed by atoms with van der Waals surface area (Å²) >= 11 is 0. The molecule has 0 saturated carbocycles. The van der Waals surface area contributed by atoms with Crippen LogP contribution in [-0.4, -0.2) is 52.6 Å². The number of aryl methyl sites for hydroxylation is 1. The lowest BCUT2D eigenvalue weighted by Crippen LogP contribution is -2.42. The van der Waals surface area contributed by atoms with E-state index in [4.69, 9.17) is 4.74 Å². The van der Waals surface area contributed by atoms with E-state index in [1.54, 1.807) is 10.9 Å². The number of ether oxygens (including phenoxy) is 1. The summed E-state index contributed by atoms with van der Waals surface area (Å²) in [6, 6.07) is 0. The van der Waals surface area contributed by atoms with E-state index in [1.807, 2.05) is 25.2 Å². The van der Waals surface area contributed by atoms with Gasteiger partial charge in [0.15, 0.2) is 0 Å². The number of carboxylic acids is 1. The predicted octanol–water partition coefficient (Wildman–Crippen LogP) is 0.343. The molecule has 6 nitrogen and oxygen atoms in total. The molecule has 0 aliphatic carbocycles. The lowest BCUT2D eigenvalue weighted by molar-refractivity contribution is -0.150. The van der Waals surface area contributed by atoms with Crippen LogP contribution in [0, 0.1) is 5.41 Å². The molecule has 100 valence electrons. The third-order valence-corrected chi connectivity index (χ3v) is 3.34. The summed E-state index contributed by atoms with van der Waals surface area (Å²) in [6.45, 7) is 2.03. The first-order valence-electron chi connectivity index (χ1n) is 5.99. The van der Waals surface area contributed by atoms with Gasteiger partial charge < -0.3 is 14.7 Å². The number of carbonyl (C=O) groups is 1. The number of nitrogens with zero attached hydrogens (tertiary/aromatic N) is 3. The molecular formula is C12H19N3O3. The molecule has 0 amide bonds. The van der Waals surface area contributed by atoms with Crippen molar-refractivity contribution in [3.8, 4) is 0 Å². The van der Waals surface area contributed by atoms with Crippen LogP contribution in [0.3, 0.4) is 0 Å². The molecule has 1 N–H and O–H groups in total. The minimum absolute atomic E-state index is 0.305. The maximum Gasteiger partial charge on any atom is 0.313 e. The van der Waals surface area contributed by atoms with Crippen LogP contribution in [0.2, 0.25) is 0 Å². The van der Waals surface area contributed by atoms with Crippen LogP contribution in [0.5, 0.6) is 0 Å². The Hall–Kier alpha value is -1.40. The largest absolute Gasteiger partial charge is 0.481 e. The third-order valence-electron chi connectivity index (χ3n) is 3.34. The lowest BCUT2D eigenvalue weighted by atomic mass is 9.87.